The van der Waals surface area contributed by atoms with Gasteiger partial charge < -0.3 is 39.5 Å². The molecule has 0 aromatic heterocycles. The highest BCUT2D eigenvalue weighted by molar-refractivity contribution is 6.30. The fourth-order valence-corrected chi connectivity index (χ4v) is 5.43. The fraction of sp³-hybridized carbons (Fsp3) is 0.462. The number of rotatable bonds is 13. The third kappa shape index (κ3) is 18.7. The predicted molar refractivity (Wildman–Crippen MR) is 227 cm³/mol. The second kappa shape index (κ2) is 25.8. The Morgan fingerprint density at radius 3 is 1.75 bits per heavy atom. The van der Waals surface area contributed by atoms with E-state index in [4.69, 9.17) is 30.9 Å². The maximum absolute atomic E-state index is 11.8. The van der Waals surface area contributed by atoms with E-state index in [1.165, 1.54) is 27.0 Å². The molecule has 314 valence electrons. The van der Waals surface area contributed by atoms with Gasteiger partial charge in [0.15, 0.2) is 0 Å². The summed E-state index contributed by atoms with van der Waals surface area (Å²) in [6.45, 7) is 11.0. The van der Waals surface area contributed by atoms with Gasteiger partial charge in [-0.1, -0.05) is 54.1 Å². The summed E-state index contributed by atoms with van der Waals surface area (Å²) in [5, 5.41) is 23.0. The molecule has 0 bridgehead atoms. The number of carboxylic acids is 1. The Bertz CT molecular complexity index is 1570. The van der Waals surface area contributed by atoms with E-state index in [1.807, 2.05) is 39.0 Å². The summed E-state index contributed by atoms with van der Waals surface area (Å²) in [6.07, 6.45) is -2.02. The molecule has 4 rings (SSSR count). The van der Waals surface area contributed by atoms with Gasteiger partial charge in [-0.05, 0) is 61.7 Å². The number of β-amino-alcohol motifs (C(OH)–C–C–N with tert-alkyl or cyclic N) is 1. The lowest BCUT2D eigenvalue weighted by atomic mass is 9.96. The molecule has 2 unspecified atom stereocenters. The Morgan fingerprint density at radius 2 is 1.29 bits per heavy atom. The summed E-state index contributed by atoms with van der Waals surface area (Å²) in [5.41, 5.74) is 2.81. The molecule has 1 aliphatic rings. The van der Waals surface area contributed by atoms with E-state index in [0.717, 1.165) is 37.7 Å². The van der Waals surface area contributed by atoms with E-state index < -0.39 is 24.3 Å². The van der Waals surface area contributed by atoms with Crippen LogP contribution in [0.4, 0.5) is 9.59 Å². The van der Waals surface area contributed by atoms with Crippen LogP contribution < -0.4 is 14.8 Å². The molecule has 3 N–H and O–H groups in total. The molecule has 2 amide bonds. The summed E-state index contributed by atoms with van der Waals surface area (Å²) < 4.78 is 15.6. The summed E-state index contributed by atoms with van der Waals surface area (Å²) in [5.74, 6) is -0.566. The molecular formula is C39H57Cl4N5O8. The molecule has 1 aliphatic heterocycles. The maximum Gasteiger partial charge on any atom is 0.414 e. The minimum Gasteiger partial charge on any atom is -0.480 e. The minimum absolute atomic E-state index is 0. The summed E-state index contributed by atoms with van der Waals surface area (Å²) in [4.78, 5) is 41.5. The second-order valence-corrected chi connectivity index (χ2v) is 14.5. The minimum atomic E-state index is -0.923. The van der Waals surface area contributed by atoms with Crippen molar-refractivity contribution in [2.75, 3.05) is 80.7 Å². The van der Waals surface area contributed by atoms with Crippen molar-refractivity contribution >= 4 is 67.0 Å². The number of piperazine rings is 1. The van der Waals surface area contributed by atoms with Crippen LogP contribution in [0, 0.1) is 0 Å². The monoisotopic (exact) mass is 863 g/mol. The van der Waals surface area contributed by atoms with E-state index in [9.17, 15) is 19.5 Å². The average molecular weight is 866 g/mol. The molecule has 0 saturated carbocycles. The van der Waals surface area contributed by atoms with Crippen LogP contribution in [-0.2, 0) is 9.53 Å². The number of nitrogens with zero attached hydrogens (tertiary/aromatic N) is 4. The summed E-state index contributed by atoms with van der Waals surface area (Å²) in [6, 6.07) is 23.4. The van der Waals surface area contributed by atoms with Crippen LogP contribution in [-0.4, -0.2) is 134 Å². The third-order valence-corrected chi connectivity index (χ3v) is 8.36. The molecule has 0 aliphatic carbocycles. The number of carbonyl (C=O) groups is 3. The van der Waals surface area contributed by atoms with Crippen molar-refractivity contribution in [2.45, 2.75) is 38.5 Å². The highest BCUT2D eigenvalue weighted by atomic mass is 35.5. The van der Waals surface area contributed by atoms with Crippen molar-refractivity contribution in [2.24, 2.45) is 0 Å². The lowest BCUT2D eigenvalue weighted by Gasteiger charge is -2.39. The number of hydrogen-bond donors (Lipinski definition) is 3. The number of carboxylic acid groups (broad SMARTS) is 1. The van der Waals surface area contributed by atoms with Crippen molar-refractivity contribution in [3.8, 4) is 11.5 Å². The van der Waals surface area contributed by atoms with E-state index in [-0.39, 0.29) is 73.5 Å². The highest BCUT2D eigenvalue weighted by Gasteiger charge is 2.26. The average Bonchev–Trinajstić information content (AvgIpc) is 3.10. The topological polar surface area (TPSA) is 144 Å². The van der Waals surface area contributed by atoms with Crippen LogP contribution in [0.2, 0.25) is 5.02 Å². The second-order valence-electron chi connectivity index (χ2n) is 14.1. The smallest absolute Gasteiger partial charge is 0.414 e. The van der Waals surface area contributed by atoms with Crippen molar-refractivity contribution < 1.29 is 38.8 Å². The quantitative estimate of drug-likeness (QED) is 0.159. The number of aliphatic hydroxyl groups is 1. The zero-order valence-corrected chi connectivity index (χ0v) is 36.2. The van der Waals surface area contributed by atoms with E-state index in [1.54, 1.807) is 40.3 Å². The number of amides is 2. The largest absolute Gasteiger partial charge is 0.480 e. The van der Waals surface area contributed by atoms with Gasteiger partial charge >= 0.3 is 18.2 Å². The molecule has 1 fully saturated rings. The van der Waals surface area contributed by atoms with Crippen molar-refractivity contribution in [1.82, 2.24) is 24.9 Å². The standard InChI is InChI=1S/C21H25ClN2O3.C18H29N3O5.3ClH/c22-19-8-6-18(7-9-19)21(17-4-2-1-3-5-17)24-12-10-23(11-13-24)14-15-27-16-20(25)26;1-18(2,3)19-11-15(22)12-8-13(25-16(23)20(4)5)10-14(9-12)26-17(24)21(6)7;;;/h1-9,21H,10-16H2,(H,25,26);8-10,15,19,22H,11H2,1-7H3;3*1H. The van der Waals surface area contributed by atoms with Gasteiger partial charge in [-0.25, -0.2) is 14.4 Å². The van der Waals surface area contributed by atoms with Gasteiger partial charge in [0.1, 0.15) is 18.1 Å². The lowest BCUT2D eigenvalue weighted by Crippen LogP contribution is -2.48. The fourth-order valence-electron chi connectivity index (χ4n) is 5.30. The number of hydrogen-bond acceptors (Lipinski definition) is 10. The molecule has 3 aromatic carbocycles. The molecule has 3 aromatic rings. The van der Waals surface area contributed by atoms with Crippen LogP contribution in [0.1, 0.15) is 49.6 Å². The van der Waals surface area contributed by atoms with Crippen molar-refractivity contribution in [3.63, 3.8) is 0 Å². The Morgan fingerprint density at radius 1 is 0.786 bits per heavy atom. The molecule has 17 heteroatoms. The number of aliphatic carboxylic acids is 1. The van der Waals surface area contributed by atoms with Crippen LogP contribution in [0.25, 0.3) is 0 Å². The van der Waals surface area contributed by atoms with Gasteiger partial charge in [-0.2, -0.15) is 0 Å². The Balaban J connectivity index is 0.00000103. The first kappa shape index (κ1) is 52.6. The van der Waals surface area contributed by atoms with E-state index >= 15 is 0 Å². The zero-order valence-electron chi connectivity index (χ0n) is 33.0. The Kier molecular flexibility index (Phi) is 24.2. The molecule has 1 heterocycles. The number of ether oxygens (including phenoxy) is 3. The van der Waals surface area contributed by atoms with Gasteiger partial charge in [0.2, 0.25) is 0 Å². The third-order valence-electron chi connectivity index (χ3n) is 8.10. The van der Waals surface area contributed by atoms with Crippen LogP contribution in [0.3, 0.4) is 0 Å². The first-order valence-corrected chi connectivity index (χ1v) is 17.8. The Labute approximate surface area is 354 Å². The first-order chi connectivity index (χ1) is 25.0. The maximum atomic E-state index is 11.8. The molecule has 13 nitrogen and oxygen atoms in total. The SMILES string of the molecule is CN(C)C(=O)Oc1cc(OC(=O)N(C)C)cc(C(O)CNC(C)(C)C)c1.Cl.Cl.Cl.O=C(O)COCCN1CCN(C(c2ccccc2)c2ccc(Cl)cc2)CC1. The van der Waals surface area contributed by atoms with Crippen LogP contribution in [0.15, 0.2) is 72.8 Å². The molecule has 1 saturated heterocycles. The van der Waals surface area contributed by atoms with Crippen molar-refractivity contribution in [1.29, 1.82) is 0 Å². The zero-order chi connectivity index (χ0) is 39.1. The van der Waals surface area contributed by atoms with Crippen molar-refractivity contribution in [3.05, 3.63) is 94.5 Å². The summed E-state index contributed by atoms with van der Waals surface area (Å²) >= 11 is 6.08. The molecular weight excluding hydrogens is 808 g/mol. The van der Waals surface area contributed by atoms with Gasteiger partial charge in [-0.15, -0.1) is 37.2 Å². The van der Waals surface area contributed by atoms with Crippen LogP contribution >= 0.6 is 48.8 Å². The van der Waals surface area contributed by atoms with Gasteiger partial charge in [0.05, 0.1) is 18.8 Å². The highest BCUT2D eigenvalue weighted by Crippen LogP contribution is 2.31. The molecule has 2 atom stereocenters. The number of halogens is 4. The number of aliphatic hydroxyl groups excluding tert-OH is 1. The van der Waals surface area contributed by atoms with Crippen LogP contribution in [0.5, 0.6) is 11.5 Å². The number of nitrogens with one attached hydrogen (secondary N) is 1. The lowest BCUT2D eigenvalue weighted by molar-refractivity contribution is -0.142. The molecule has 56 heavy (non-hydrogen) atoms. The number of carbonyl (C=O) groups excluding carboxylic acids is 2. The molecule has 0 radical (unpaired) electrons. The summed E-state index contributed by atoms with van der Waals surface area (Å²) in [7, 11) is 6.23. The van der Waals surface area contributed by atoms with Gasteiger partial charge in [0.25, 0.3) is 0 Å². The number of benzene rings is 3. The van der Waals surface area contributed by atoms with E-state index in [2.05, 4.69) is 51.5 Å². The molecule has 0 spiro atoms. The first-order valence-electron chi connectivity index (χ1n) is 17.4. The predicted octanol–water partition coefficient (Wildman–Crippen LogP) is 6.64. The Hall–Kier alpha value is -3.37. The normalized spacial score (nSPS) is 13.9. The van der Waals surface area contributed by atoms with Gasteiger partial charge in [-0.3, -0.25) is 9.80 Å². The van der Waals surface area contributed by atoms with E-state index in [0.29, 0.717) is 12.2 Å². The van der Waals surface area contributed by atoms with Gasteiger partial charge in [0, 0.05) is 84.1 Å².